The van der Waals surface area contributed by atoms with Crippen LogP contribution in [-0.4, -0.2) is 29.4 Å². The first-order chi connectivity index (χ1) is 10.1. The quantitative estimate of drug-likeness (QED) is 0.839. The molecule has 0 fully saturated rings. The van der Waals surface area contributed by atoms with Gasteiger partial charge in [0.15, 0.2) is 0 Å². The summed E-state index contributed by atoms with van der Waals surface area (Å²) >= 11 is 0. The average Bonchev–Trinajstić information content (AvgIpc) is 2.54. The van der Waals surface area contributed by atoms with E-state index >= 15 is 0 Å². The molecule has 1 aromatic heterocycles. The Balaban J connectivity index is 0.000000921. The van der Waals surface area contributed by atoms with Gasteiger partial charge in [-0.25, -0.2) is 0 Å². The van der Waals surface area contributed by atoms with Crippen molar-refractivity contribution in [1.82, 2.24) is 4.98 Å². The van der Waals surface area contributed by atoms with E-state index in [1.54, 1.807) is 0 Å². The molecule has 1 aromatic carbocycles. The zero-order valence-electron chi connectivity index (χ0n) is 13.5. The van der Waals surface area contributed by atoms with Crippen LogP contribution in [-0.2, 0) is 0 Å². The smallest absolute Gasteiger partial charge is 0.0707 e. The lowest BCUT2D eigenvalue weighted by atomic mass is 9.95. The van der Waals surface area contributed by atoms with E-state index in [1.165, 1.54) is 16.7 Å². The number of hydrogen-bond acceptors (Lipinski definition) is 3. The van der Waals surface area contributed by atoms with E-state index in [9.17, 15) is 0 Å². The minimum atomic E-state index is 0.518. The van der Waals surface area contributed by atoms with Crippen LogP contribution in [0.2, 0.25) is 0 Å². The van der Waals surface area contributed by atoms with Crippen molar-refractivity contribution < 1.29 is 10.2 Å². The molecule has 0 aliphatic carbocycles. The van der Waals surface area contributed by atoms with E-state index < -0.39 is 0 Å². The molecular weight excluding hydrogens is 281 g/mol. The zero-order chi connectivity index (χ0) is 16.4. The Kier molecular flexibility index (Phi) is 9.81. The molecule has 1 atom stereocenters. The molecule has 1 heterocycles. The number of benzene rings is 1. The molecule has 116 valence electrons. The van der Waals surface area contributed by atoms with Gasteiger partial charge < -0.3 is 10.2 Å². The summed E-state index contributed by atoms with van der Waals surface area (Å²) in [4.78, 5) is 4.53. The van der Waals surface area contributed by atoms with Crippen molar-refractivity contribution >= 4 is 14.5 Å². The standard InChI is InChI=1S/C15H18NP.2CH4O/c1-10(2)12-6-4-5-7-13(12)14-8-11(3)15(17)9-16-14;2*1-2/h4-10H,17H2,1-3H3;2*2H,1H3. The van der Waals surface area contributed by atoms with Gasteiger partial charge in [0.1, 0.15) is 0 Å². The fraction of sp³-hybridized carbons (Fsp3) is 0.353. The molecule has 0 saturated heterocycles. The van der Waals surface area contributed by atoms with Crippen LogP contribution in [0.3, 0.4) is 0 Å². The van der Waals surface area contributed by atoms with Gasteiger partial charge in [0, 0.05) is 26.0 Å². The maximum Gasteiger partial charge on any atom is 0.0707 e. The maximum atomic E-state index is 7.00. The molecule has 1 unspecified atom stereocenters. The summed E-state index contributed by atoms with van der Waals surface area (Å²) in [5, 5.41) is 15.2. The van der Waals surface area contributed by atoms with Crippen LogP contribution in [0.1, 0.15) is 30.9 Å². The fourth-order valence-electron chi connectivity index (χ4n) is 1.95. The van der Waals surface area contributed by atoms with Crippen molar-refractivity contribution in [3.8, 4) is 11.3 Å². The van der Waals surface area contributed by atoms with Crippen LogP contribution in [0.4, 0.5) is 0 Å². The van der Waals surface area contributed by atoms with Crippen molar-refractivity contribution in [1.29, 1.82) is 0 Å². The summed E-state index contributed by atoms with van der Waals surface area (Å²) in [6.45, 7) is 6.55. The first-order valence-corrected chi connectivity index (χ1v) is 7.38. The van der Waals surface area contributed by atoms with Crippen molar-refractivity contribution in [2.24, 2.45) is 0 Å². The summed E-state index contributed by atoms with van der Waals surface area (Å²) in [6, 6.07) is 10.7. The number of aromatic nitrogens is 1. The third-order valence-electron chi connectivity index (χ3n) is 3.01. The van der Waals surface area contributed by atoms with E-state index in [-0.39, 0.29) is 0 Å². The van der Waals surface area contributed by atoms with Crippen LogP contribution >= 0.6 is 9.24 Å². The molecule has 4 heteroatoms. The van der Waals surface area contributed by atoms with Gasteiger partial charge in [-0.2, -0.15) is 0 Å². The van der Waals surface area contributed by atoms with Crippen LogP contribution in [0, 0.1) is 6.92 Å². The first-order valence-electron chi connectivity index (χ1n) is 6.80. The molecule has 0 saturated carbocycles. The van der Waals surface area contributed by atoms with Crippen molar-refractivity contribution in [3.63, 3.8) is 0 Å². The highest BCUT2D eigenvalue weighted by molar-refractivity contribution is 7.27. The predicted molar refractivity (Wildman–Crippen MR) is 94.1 cm³/mol. The number of rotatable bonds is 2. The Hall–Kier alpha value is -1.28. The van der Waals surface area contributed by atoms with Gasteiger partial charge in [0.2, 0.25) is 0 Å². The van der Waals surface area contributed by atoms with E-state index in [2.05, 4.69) is 65.3 Å². The molecule has 21 heavy (non-hydrogen) atoms. The normalized spacial score (nSPS) is 9.38. The van der Waals surface area contributed by atoms with Gasteiger partial charge in [-0.05, 0) is 35.3 Å². The molecule has 0 bridgehead atoms. The Labute approximate surface area is 130 Å². The highest BCUT2D eigenvalue weighted by Gasteiger charge is 2.09. The van der Waals surface area contributed by atoms with Crippen molar-refractivity contribution in [2.75, 3.05) is 14.2 Å². The highest BCUT2D eigenvalue weighted by atomic mass is 31.0. The molecule has 0 aliphatic rings. The van der Waals surface area contributed by atoms with E-state index in [0.717, 1.165) is 25.2 Å². The number of aliphatic hydroxyl groups excluding tert-OH is 2. The highest BCUT2D eigenvalue weighted by Crippen LogP contribution is 2.27. The second-order valence-corrected chi connectivity index (χ2v) is 5.29. The van der Waals surface area contributed by atoms with E-state index in [0.29, 0.717) is 5.92 Å². The van der Waals surface area contributed by atoms with Crippen LogP contribution < -0.4 is 5.30 Å². The molecule has 0 aliphatic heterocycles. The van der Waals surface area contributed by atoms with E-state index in [4.69, 9.17) is 10.2 Å². The van der Waals surface area contributed by atoms with Gasteiger partial charge in [0.25, 0.3) is 0 Å². The second kappa shape index (κ2) is 10.4. The van der Waals surface area contributed by atoms with E-state index in [1.807, 2.05) is 6.20 Å². The Morgan fingerprint density at radius 2 is 1.62 bits per heavy atom. The molecule has 2 aromatic rings. The Bertz CT molecular complexity index is 542. The molecular formula is C17H26NO2P. The van der Waals surface area contributed by atoms with Gasteiger partial charge >= 0.3 is 0 Å². The van der Waals surface area contributed by atoms with Crippen LogP contribution in [0.15, 0.2) is 36.5 Å². The van der Waals surface area contributed by atoms with Crippen LogP contribution in [0.5, 0.6) is 0 Å². The van der Waals surface area contributed by atoms with Gasteiger partial charge in [-0.3, -0.25) is 4.98 Å². The van der Waals surface area contributed by atoms with Gasteiger partial charge in [0.05, 0.1) is 5.69 Å². The molecule has 3 nitrogen and oxygen atoms in total. The minimum Gasteiger partial charge on any atom is -0.400 e. The second-order valence-electron chi connectivity index (χ2n) is 4.67. The largest absolute Gasteiger partial charge is 0.400 e. The summed E-state index contributed by atoms with van der Waals surface area (Å²) < 4.78 is 0. The molecule has 0 amide bonds. The monoisotopic (exact) mass is 307 g/mol. The number of aryl methyl sites for hydroxylation is 1. The lowest BCUT2D eigenvalue weighted by Crippen LogP contribution is -2.01. The van der Waals surface area contributed by atoms with Gasteiger partial charge in [-0.15, -0.1) is 9.24 Å². The molecule has 2 rings (SSSR count). The fourth-order valence-corrected chi connectivity index (χ4v) is 2.11. The lowest BCUT2D eigenvalue weighted by molar-refractivity contribution is 0.399. The average molecular weight is 307 g/mol. The number of nitrogens with zero attached hydrogens (tertiary/aromatic N) is 1. The summed E-state index contributed by atoms with van der Waals surface area (Å²) in [6.07, 6.45) is 1.92. The van der Waals surface area contributed by atoms with Crippen molar-refractivity contribution in [2.45, 2.75) is 26.7 Å². The zero-order valence-corrected chi connectivity index (χ0v) is 14.6. The maximum absolute atomic E-state index is 7.00. The Morgan fingerprint density at radius 1 is 1.05 bits per heavy atom. The summed E-state index contributed by atoms with van der Waals surface area (Å²) in [5.41, 5.74) is 4.93. The topological polar surface area (TPSA) is 53.4 Å². The number of pyridine rings is 1. The summed E-state index contributed by atoms with van der Waals surface area (Å²) in [5.74, 6) is 0.518. The predicted octanol–water partition coefficient (Wildman–Crippen LogP) is 2.90. The lowest BCUT2D eigenvalue weighted by Gasteiger charge is -2.12. The third-order valence-corrected chi connectivity index (χ3v) is 3.61. The number of aliphatic hydroxyl groups is 2. The summed E-state index contributed by atoms with van der Waals surface area (Å²) in [7, 11) is 4.72. The van der Waals surface area contributed by atoms with Gasteiger partial charge in [-0.1, -0.05) is 38.1 Å². The molecule has 0 spiro atoms. The molecule has 2 N–H and O–H groups in total. The first kappa shape index (κ1) is 19.7. The molecule has 0 radical (unpaired) electrons. The minimum absolute atomic E-state index is 0.518. The number of hydrogen-bond donors (Lipinski definition) is 2. The third kappa shape index (κ3) is 5.55. The van der Waals surface area contributed by atoms with Crippen molar-refractivity contribution in [3.05, 3.63) is 47.7 Å². The Morgan fingerprint density at radius 3 is 2.14 bits per heavy atom. The SMILES string of the molecule is CO.CO.Cc1cc(-c2ccccc2C(C)C)ncc1P. The van der Waals surface area contributed by atoms with Crippen LogP contribution in [0.25, 0.3) is 11.3 Å².